The van der Waals surface area contributed by atoms with Gasteiger partial charge < -0.3 is 5.32 Å². The normalized spacial score (nSPS) is 10.7. The molecule has 2 aromatic carbocycles. The molecule has 0 bridgehead atoms. The maximum Gasteiger partial charge on any atom is 0.194 e. The third kappa shape index (κ3) is 2.84. The Balaban J connectivity index is 2.04. The first kappa shape index (κ1) is 14.3. The van der Waals surface area contributed by atoms with Gasteiger partial charge in [-0.15, -0.1) is 0 Å². The van der Waals surface area contributed by atoms with E-state index < -0.39 is 0 Å². The molecule has 112 valence electrons. The van der Waals surface area contributed by atoms with E-state index in [0.29, 0.717) is 11.6 Å². The number of nitrogens with zero attached hydrogens (tertiary/aromatic N) is 2. The van der Waals surface area contributed by atoms with Crippen molar-refractivity contribution in [2.45, 2.75) is 20.3 Å². The number of benzene rings is 2. The molecule has 3 aromatic rings. The molecule has 0 amide bonds. The van der Waals surface area contributed by atoms with E-state index in [-0.39, 0.29) is 0 Å². The summed E-state index contributed by atoms with van der Waals surface area (Å²) in [5.41, 5.74) is 6.96. The van der Waals surface area contributed by atoms with Gasteiger partial charge in [0.25, 0.3) is 0 Å². The van der Waals surface area contributed by atoms with Crippen LogP contribution in [-0.4, -0.2) is 15.2 Å². The molecular formula is C17H18N4O. The molecule has 3 N–H and O–H groups in total. The Bertz CT molecular complexity index is 817. The van der Waals surface area contributed by atoms with Gasteiger partial charge in [0.2, 0.25) is 0 Å². The van der Waals surface area contributed by atoms with Crippen LogP contribution in [0.3, 0.4) is 0 Å². The topological polar surface area (TPSA) is 70.1 Å². The van der Waals surface area contributed by atoms with Gasteiger partial charge in [-0.05, 0) is 48.7 Å². The van der Waals surface area contributed by atoms with Crippen LogP contribution in [0.1, 0.15) is 18.1 Å². The third-order valence-electron chi connectivity index (χ3n) is 3.48. The second-order valence-electron chi connectivity index (χ2n) is 5.21. The van der Waals surface area contributed by atoms with Gasteiger partial charge in [-0.25, -0.2) is 15.4 Å². The first-order valence-corrected chi connectivity index (χ1v) is 7.24. The monoisotopic (exact) mass is 294 g/mol. The smallest absolute Gasteiger partial charge is 0.194 e. The molecule has 1 heterocycles. The van der Waals surface area contributed by atoms with E-state index in [9.17, 15) is 5.21 Å². The van der Waals surface area contributed by atoms with E-state index in [4.69, 9.17) is 0 Å². The zero-order valence-corrected chi connectivity index (χ0v) is 12.6. The third-order valence-corrected chi connectivity index (χ3v) is 3.48. The molecule has 0 fully saturated rings. The van der Waals surface area contributed by atoms with Gasteiger partial charge in [0, 0.05) is 5.69 Å². The van der Waals surface area contributed by atoms with Gasteiger partial charge in [0.15, 0.2) is 11.6 Å². The first-order chi connectivity index (χ1) is 10.7. The molecule has 1 aromatic heterocycles. The summed E-state index contributed by atoms with van der Waals surface area (Å²) in [4.78, 5) is 8.90. The number of nitrogens with one attached hydrogen (secondary N) is 2. The number of aromatic nitrogens is 2. The standard InChI is InChI=1S/C17H18N4O/c1-3-12-8-11(2)9-13(10-12)18-16-17(21-22)20-15-7-5-4-6-14(15)19-16/h4-10,22H,3H2,1-2H3,(H,18,19)(H,20,21). The summed E-state index contributed by atoms with van der Waals surface area (Å²) < 4.78 is 0. The molecule has 0 aliphatic heterocycles. The molecule has 22 heavy (non-hydrogen) atoms. The Labute approximate surface area is 129 Å². The lowest BCUT2D eigenvalue weighted by atomic mass is 10.1. The minimum atomic E-state index is 0.304. The number of rotatable bonds is 4. The molecule has 0 saturated carbocycles. The molecule has 0 spiro atoms. The van der Waals surface area contributed by atoms with Gasteiger partial charge >= 0.3 is 0 Å². The average Bonchev–Trinajstić information content (AvgIpc) is 2.53. The minimum Gasteiger partial charge on any atom is -0.337 e. The van der Waals surface area contributed by atoms with Crippen molar-refractivity contribution in [3.05, 3.63) is 53.6 Å². The molecule has 5 nitrogen and oxygen atoms in total. The molecule has 0 aliphatic rings. The van der Waals surface area contributed by atoms with E-state index in [0.717, 1.165) is 23.1 Å². The van der Waals surface area contributed by atoms with Crippen LogP contribution >= 0.6 is 0 Å². The van der Waals surface area contributed by atoms with Crippen molar-refractivity contribution in [2.75, 3.05) is 10.8 Å². The predicted octanol–water partition coefficient (Wildman–Crippen LogP) is 4.05. The van der Waals surface area contributed by atoms with Crippen LogP contribution in [-0.2, 0) is 6.42 Å². The predicted molar refractivity (Wildman–Crippen MR) is 88.8 cm³/mol. The second-order valence-corrected chi connectivity index (χ2v) is 5.21. The highest BCUT2D eigenvalue weighted by Crippen LogP contribution is 2.25. The van der Waals surface area contributed by atoms with Crippen LogP contribution in [0.25, 0.3) is 11.0 Å². The summed E-state index contributed by atoms with van der Waals surface area (Å²) >= 11 is 0. The van der Waals surface area contributed by atoms with Gasteiger partial charge in [0.05, 0.1) is 11.0 Å². The number of hydrogen-bond acceptors (Lipinski definition) is 5. The summed E-state index contributed by atoms with van der Waals surface area (Å²) in [5.74, 6) is 0.798. The average molecular weight is 294 g/mol. The Morgan fingerprint density at radius 1 is 1.00 bits per heavy atom. The van der Waals surface area contributed by atoms with Crippen molar-refractivity contribution >= 4 is 28.4 Å². The number of aryl methyl sites for hydroxylation is 2. The lowest BCUT2D eigenvalue weighted by Crippen LogP contribution is -2.03. The fourth-order valence-electron chi connectivity index (χ4n) is 2.44. The summed E-state index contributed by atoms with van der Waals surface area (Å²) in [6, 6.07) is 13.8. The Kier molecular flexibility index (Phi) is 3.89. The SMILES string of the molecule is CCc1cc(C)cc(Nc2nc3ccccc3nc2NO)c1. The van der Waals surface area contributed by atoms with Gasteiger partial charge in [-0.1, -0.05) is 25.1 Å². The van der Waals surface area contributed by atoms with E-state index in [2.05, 4.69) is 46.7 Å². The summed E-state index contributed by atoms with van der Waals surface area (Å²) in [7, 11) is 0. The van der Waals surface area contributed by atoms with E-state index in [1.165, 1.54) is 11.1 Å². The number of anilines is 3. The molecule has 5 heteroatoms. The molecule has 3 rings (SSSR count). The number of fused-ring (bicyclic) bond motifs is 1. The number of para-hydroxylation sites is 2. The van der Waals surface area contributed by atoms with Crippen molar-refractivity contribution in [2.24, 2.45) is 0 Å². The minimum absolute atomic E-state index is 0.304. The van der Waals surface area contributed by atoms with Crippen molar-refractivity contribution in [3.8, 4) is 0 Å². The van der Waals surface area contributed by atoms with E-state index in [1.807, 2.05) is 30.3 Å². The van der Waals surface area contributed by atoms with Crippen molar-refractivity contribution in [1.29, 1.82) is 0 Å². The van der Waals surface area contributed by atoms with Crippen molar-refractivity contribution in [1.82, 2.24) is 9.97 Å². The Hall–Kier alpha value is -2.66. The largest absolute Gasteiger partial charge is 0.337 e. The van der Waals surface area contributed by atoms with Crippen LogP contribution in [0.2, 0.25) is 0 Å². The Morgan fingerprint density at radius 3 is 2.32 bits per heavy atom. The molecule has 0 unspecified atom stereocenters. The molecule has 0 atom stereocenters. The van der Waals surface area contributed by atoms with E-state index in [1.54, 1.807) is 0 Å². The van der Waals surface area contributed by atoms with E-state index >= 15 is 0 Å². The summed E-state index contributed by atoms with van der Waals surface area (Å²) in [6.07, 6.45) is 0.963. The number of hydrogen-bond donors (Lipinski definition) is 3. The lowest BCUT2D eigenvalue weighted by molar-refractivity contribution is 0.386. The van der Waals surface area contributed by atoms with Crippen molar-refractivity contribution in [3.63, 3.8) is 0 Å². The molecular weight excluding hydrogens is 276 g/mol. The van der Waals surface area contributed by atoms with Gasteiger partial charge in [-0.3, -0.25) is 5.21 Å². The maximum atomic E-state index is 9.32. The zero-order chi connectivity index (χ0) is 15.5. The second kappa shape index (κ2) is 5.99. The highest BCUT2D eigenvalue weighted by atomic mass is 16.5. The first-order valence-electron chi connectivity index (χ1n) is 7.24. The van der Waals surface area contributed by atoms with Gasteiger partial charge in [-0.2, -0.15) is 0 Å². The molecule has 0 aliphatic carbocycles. The van der Waals surface area contributed by atoms with Crippen LogP contribution in [0, 0.1) is 6.92 Å². The fraction of sp³-hybridized carbons (Fsp3) is 0.176. The van der Waals surface area contributed by atoms with Crippen molar-refractivity contribution < 1.29 is 5.21 Å². The van der Waals surface area contributed by atoms with Crippen LogP contribution < -0.4 is 10.8 Å². The summed E-state index contributed by atoms with van der Waals surface area (Å²) in [5, 5.41) is 12.6. The van der Waals surface area contributed by atoms with Crippen LogP contribution in [0.15, 0.2) is 42.5 Å². The zero-order valence-electron chi connectivity index (χ0n) is 12.6. The Morgan fingerprint density at radius 2 is 1.68 bits per heavy atom. The highest BCUT2D eigenvalue weighted by Gasteiger charge is 2.09. The summed E-state index contributed by atoms with van der Waals surface area (Å²) in [6.45, 7) is 4.18. The highest BCUT2D eigenvalue weighted by molar-refractivity contribution is 5.81. The quantitative estimate of drug-likeness (QED) is 0.633. The maximum absolute atomic E-state index is 9.32. The van der Waals surface area contributed by atoms with Crippen LogP contribution in [0.5, 0.6) is 0 Å². The van der Waals surface area contributed by atoms with Crippen LogP contribution in [0.4, 0.5) is 17.3 Å². The van der Waals surface area contributed by atoms with Gasteiger partial charge in [0.1, 0.15) is 0 Å². The molecule has 0 saturated heterocycles. The fourth-order valence-corrected chi connectivity index (χ4v) is 2.44. The lowest BCUT2D eigenvalue weighted by Gasteiger charge is -2.12. The molecule has 0 radical (unpaired) electrons.